The van der Waals surface area contributed by atoms with E-state index in [0.29, 0.717) is 5.56 Å². The van der Waals surface area contributed by atoms with Gasteiger partial charge in [0.15, 0.2) is 5.71 Å². The molecule has 0 aliphatic heterocycles. The number of hydrogen-bond donors (Lipinski definition) is 0. The molecule has 1 aromatic carbocycles. The minimum absolute atomic E-state index is 0.0756. The fourth-order valence-corrected chi connectivity index (χ4v) is 2.91. The molecule has 0 heterocycles. The molecule has 0 atom stereocenters. The van der Waals surface area contributed by atoms with E-state index in [1.54, 1.807) is 35.7 Å². The molecular formula is C11H12N2O3S3. The maximum atomic E-state index is 10.9. The Morgan fingerprint density at radius 3 is 2.42 bits per heavy atom. The van der Waals surface area contributed by atoms with Crippen molar-refractivity contribution in [3.05, 3.63) is 23.8 Å². The molecule has 0 aromatic heterocycles. The summed E-state index contributed by atoms with van der Waals surface area (Å²) in [5, 5.41) is 12.4. The van der Waals surface area contributed by atoms with Crippen LogP contribution in [0.3, 0.4) is 0 Å². The zero-order valence-electron chi connectivity index (χ0n) is 10.6. The third-order valence-corrected chi connectivity index (χ3v) is 4.07. The van der Waals surface area contributed by atoms with Gasteiger partial charge < -0.3 is 0 Å². The molecule has 0 N–H and O–H groups in total. The van der Waals surface area contributed by atoms with Crippen LogP contribution in [-0.4, -0.2) is 32.9 Å². The van der Waals surface area contributed by atoms with Crippen LogP contribution in [0.5, 0.6) is 0 Å². The number of hydrogen-bond acceptors (Lipinski definition) is 7. The van der Waals surface area contributed by atoms with E-state index < -0.39 is 10.1 Å². The van der Waals surface area contributed by atoms with Crippen molar-refractivity contribution in [3.8, 4) is 6.07 Å². The van der Waals surface area contributed by atoms with Crippen molar-refractivity contribution in [1.82, 2.24) is 0 Å². The monoisotopic (exact) mass is 316 g/mol. The molecule has 8 heteroatoms. The van der Waals surface area contributed by atoms with Crippen LogP contribution in [0.15, 0.2) is 33.1 Å². The minimum Gasteiger partial charge on any atom is -0.267 e. The molecule has 102 valence electrons. The van der Waals surface area contributed by atoms with Gasteiger partial charge in [0.25, 0.3) is 0 Å². The molecule has 0 aliphatic carbocycles. The Morgan fingerprint density at radius 1 is 1.32 bits per heavy atom. The highest BCUT2D eigenvalue weighted by Gasteiger charge is 2.09. The number of benzene rings is 1. The number of nitriles is 1. The maximum absolute atomic E-state index is 10.9. The first kappa shape index (κ1) is 15.9. The Hall–Kier alpha value is -1.17. The number of nitrogens with zero attached hydrogens (tertiary/aromatic N) is 2. The summed E-state index contributed by atoms with van der Waals surface area (Å²) < 4.78 is 26.0. The van der Waals surface area contributed by atoms with E-state index in [-0.39, 0.29) is 5.71 Å². The van der Waals surface area contributed by atoms with Crippen LogP contribution in [0, 0.1) is 11.3 Å². The van der Waals surface area contributed by atoms with E-state index in [2.05, 4.69) is 9.44 Å². The van der Waals surface area contributed by atoms with Crippen molar-refractivity contribution in [2.24, 2.45) is 5.16 Å². The van der Waals surface area contributed by atoms with Crippen LogP contribution in [0.2, 0.25) is 0 Å². The van der Waals surface area contributed by atoms with Gasteiger partial charge >= 0.3 is 10.1 Å². The van der Waals surface area contributed by atoms with Gasteiger partial charge in [-0.1, -0.05) is 11.2 Å². The van der Waals surface area contributed by atoms with Crippen LogP contribution in [0.25, 0.3) is 0 Å². The second kappa shape index (κ2) is 6.84. The van der Waals surface area contributed by atoms with Gasteiger partial charge in [-0.05, 0) is 24.6 Å². The smallest absolute Gasteiger partial charge is 0.267 e. The fourth-order valence-electron chi connectivity index (χ4n) is 1.23. The topological polar surface area (TPSA) is 79.5 Å². The number of oxime groups is 1. The summed E-state index contributed by atoms with van der Waals surface area (Å²) in [6, 6.07) is 7.17. The highest BCUT2D eigenvalue weighted by atomic mass is 32.2. The summed E-state index contributed by atoms with van der Waals surface area (Å²) in [6.07, 6.45) is 4.76. The third-order valence-electron chi connectivity index (χ3n) is 2.03. The van der Waals surface area contributed by atoms with E-state index in [9.17, 15) is 8.42 Å². The highest BCUT2D eigenvalue weighted by molar-refractivity contribution is 8.01. The van der Waals surface area contributed by atoms with Crippen molar-refractivity contribution in [1.29, 1.82) is 5.26 Å². The standard InChI is InChI=1S/C11H12N2O3S3/c1-17-10-5-4-8(6-11(10)18-2)9(7-12)13-16-19(3,14)15/h4-6H,1-3H3/b13-9+. The van der Waals surface area contributed by atoms with Crippen molar-refractivity contribution >= 4 is 39.4 Å². The molecule has 0 bridgehead atoms. The molecule has 1 rings (SSSR count). The molecule has 0 radical (unpaired) electrons. The lowest BCUT2D eigenvalue weighted by Gasteiger charge is -2.06. The van der Waals surface area contributed by atoms with E-state index in [0.717, 1.165) is 16.0 Å². The van der Waals surface area contributed by atoms with Gasteiger partial charge in [0.1, 0.15) is 6.07 Å². The Bertz CT molecular complexity index is 633. The second-order valence-electron chi connectivity index (χ2n) is 3.40. The lowest BCUT2D eigenvalue weighted by molar-refractivity contribution is 0.344. The van der Waals surface area contributed by atoms with Gasteiger partial charge in [-0.3, -0.25) is 4.28 Å². The van der Waals surface area contributed by atoms with E-state index >= 15 is 0 Å². The van der Waals surface area contributed by atoms with Gasteiger partial charge in [-0.15, -0.1) is 23.5 Å². The SMILES string of the molecule is CSc1ccc(/C(C#N)=N/OS(C)(=O)=O)cc1SC. The Morgan fingerprint density at radius 2 is 1.95 bits per heavy atom. The summed E-state index contributed by atoms with van der Waals surface area (Å²) in [5.74, 6) is 0. The molecule has 5 nitrogen and oxygen atoms in total. The molecule has 1 aromatic rings. The number of rotatable bonds is 5. The van der Waals surface area contributed by atoms with Gasteiger partial charge in [-0.2, -0.15) is 13.7 Å². The number of thioether (sulfide) groups is 2. The average Bonchev–Trinajstić information content (AvgIpc) is 2.37. The van der Waals surface area contributed by atoms with Crippen LogP contribution >= 0.6 is 23.5 Å². The zero-order valence-corrected chi connectivity index (χ0v) is 13.0. The summed E-state index contributed by atoms with van der Waals surface area (Å²) in [7, 11) is -3.71. The fraction of sp³-hybridized carbons (Fsp3) is 0.273. The third kappa shape index (κ3) is 4.78. The van der Waals surface area contributed by atoms with E-state index in [1.807, 2.05) is 24.6 Å². The first-order chi connectivity index (χ1) is 8.91. The second-order valence-corrected chi connectivity index (χ2v) is 6.65. The predicted octanol–water partition coefficient (Wildman–Crippen LogP) is 2.33. The summed E-state index contributed by atoms with van der Waals surface area (Å²) >= 11 is 3.14. The summed E-state index contributed by atoms with van der Waals surface area (Å²) in [4.78, 5) is 2.07. The van der Waals surface area contributed by atoms with Gasteiger partial charge in [-0.25, -0.2) is 0 Å². The molecule has 0 spiro atoms. The van der Waals surface area contributed by atoms with Crippen LogP contribution in [0.1, 0.15) is 5.56 Å². The van der Waals surface area contributed by atoms with Crippen molar-refractivity contribution in [3.63, 3.8) is 0 Å². The van der Waals surface area contributed by atoms with Crippen molar-refractivity contribution in [2.75, 3.05) is 18.8 Å². The Kier molecular flexibility index (Phi) is 5.72. The average molecular weight is 316 g/mol. The molecule has 0 fully saturated rings. The van der Waals surface area contributed by atoms with E-state index in [1.165, 1.54) is 0 Å². The van der Waals surface area contributed by atoms with E-state index in [4.69, 9.17) is 5.26 Å². The molecule has 0 aliphatic rings. The van der Waals surface area contributed by atoms with Crippen LogP contribution in [-0.2, 0) is 14.4 Å². The highest BCUT2D eigenvalue weighted by Crippen LogP contribution is 2.29. The predicted molar refractivity (Wildman–Crippen MR) is 78.1 cm³/mol. The molecule has 19 heavy (non-hydrogen) atoms. The van der Waals surface area contributed by atoms with Crippen molar-refractivity contribution < 1.29 is 12.7 Å². The molecule has 0 saturated heterocycles. The maximum Gasteiger partial charge on any atom is 0.325 e. The van der Waals surface area contributed by atoms with Gasteiger partial charge in [0.2, 0.25) is 0 Å². The lowest BCUT2D eigenvalue weighted by atomic mass is 10.1. The Labute approximate surface area is 121 Å². The molecular weight excluding hydrogens is 304 g/mol. The van der Waals surface area contributed by atoms with Crippen LogP contribution in [0.4, 0.5) is 0 Å². The first-order valence-electron chi connectivity index (χ1n) is 5.00. The van der Waals surface area contributed by atoms with Gasteiger partial charge in [0, 0.05) is 15.4 Å². The quantitative estimate of drug-likeness (QED) is 0.471. The lowest BCUT2D eigenvalue weighted by Crippen LogP contribution is -2.03. The summed E-state index contributed by atoms with van der Waals surface area (Å²) in [6.45, 7) is 0. The minimum atomic E-state index is -3.71. The summed E-state index contributed by atoms with van der Waals surface area (Å²) in [5.41, 5.74) is 0.446. The molecule has 0 saturated carbocycles. The molecule has 0 amide bonds. The largest absolute Gasteiger partial charge is 0.325 e. The Balaban J connectivity index is 3.17. The molecule has 0 unspecified atom stereocenters. The van der Waals surface area contributed by atoms with Crippen LogP contribution < -0.4 is 0 Å². The zero-order chi connectivity index (χ0) is 14.5. The van der Waals surface area contributed by atoms with Gasteiger partial charge in [0.05, 0.1) is 6.26 Å². The normalized spacial score (nSPS) is 12.0. The van der Waals surface area contributed by atoms with Crippen molar-refractivity contribution in [2.45, 2.75) is 9.79 Å². The first-order valence-corrected chi connectivity index (χ1v) is 9.27.